The third kappa shape index (κ3) is 2.93. The van der Waals surface area contributed by atoms with Crippen LogP contribution < -0.4 is 5.73 Å². The first kappa shape index (κ1) is 11.6. The molecule has 0 spiro atoms. The molecule has 0 aliphatic carbocycles. The van der Waals surface area contributed by atoms with E-state index in [-0.39, 0.29) is 24.7 Å². The Hall–Kier alpha value is -0.380. The molecule has 1 heterocycles. The molecule has 1 rings (SSSR count). The molecule has 1 aromatic rings. The fraction of sp³-hybridized carbons (Fsp3) is 0.375. The Morgan fingerprint density at radius 1 is 1.67 bits per heavy atom. The first-order valence-electron chi connectivity index (χ1n) is 3.48. The smallest absolute Gasteiger partial charge is 0.151 e. The molecule has 0 saturated carbocycles. The topological polar surface area (TPSA) is 43.1 Å². The van der Waals surface area contributed by atoms with Gasteiger partial charge in [-0.15, -0.1) is 23.7 Å². The molecule has 68 valence electrons. The van der Waals surface area contributed by atoms with E-state index in [1.165, 1.54) is 5.56 Å². The van der Waals surface area contributed by atoms with Crippen molar-refractivity contribution in [1.82, 2.24) is 0 Å². The molecule has 0 aliphatic heterocycles. The van der Waals surface area contributed by atoms with Crippen LogP contribution in [0, 0.1) is 6.92 Å². The molecule has 1 aromatic heterocycles. The van der Waals surface area contributed by atoms with Crippen LogP contribution >= 0.6 is 23.7 Å². The van der Waals surface area contributed by atoms with Gasteiger partial charge in [-0.25, -0.2) is 0 Å². The summed E-state index contributed by atoms with van der Waals surface area (Å²) in [4.78, 5) is 12.1. The van der Waals surface area contributed by atoms with Crippen molar-refractivity contribution in [2.45, 2.75) is 13.3 Å². The van der Waals surface area contributed by atoms with Crippen molar-refractivity contribution < 1.29 is 4.79 Å². The van der Waals surface area contributed by atoms with E-state index in [4.69, 9.17) is 5.73 Å². The van der Waals surface area contributed by atoms with E-state index in [2.05, 4.69) is 0 Å². The predicted molar refractivity (Wildman–Crippen MR) is 54.1 cm³/mol. The minimum atomic E-state index is 0. The molecular weight excluding hydrogens is 194 g/mol. The molecule has 0 radical (unpaired) electrons. The van der Waals surface area contributed by atoms with E-state index < -0.39 is 0 Å². The zero-order valence-electron chi connectivity index (χ0n) is 6.87. The second kappa shape index (κ2) is 5.30. The largest absolute Gasteiger partial charge is 0.324 e. The summed E-state index contributed by atoms with van der Waals surface area (Å²) in [6, 6.07) is 2.02. The third-order valence-corrected chi connectivity index (χ3v) is 2.58. The second-order valence-electron chi connectivity index (χ2n) is 2.45. The molecule has 12 heavy (non-hydrogen) atoms. The van der Waals surface area contributed by atoms with Gasteiger partial charge in [0.15, 0.2) is 5.78 Å². The Morgan fingerprint density at radius 3 is 2.75 bits per heavy atom. The minimum Gasteiger partial charge on any atom is -0.324 e. The molecule has 4 heteroatoms. The Kier molecular flexibility index (Phi) is 5.13. The third-order valence-electron chi connectivity index (χ3n) is 1.55. The summed E-state index contributed by atoms with van der Waals surface area (Å²) in [5.41, 5.74) is 6.39. The van der Waals surface area contributed by atoms with E-state index in [0.29, 0.717) is 6.42 Å². The standard InChI is InChI=1S/C8H11NOS.ClH/c1-6-2-3-11-8(6)4-7(10)5-9;/h2-3H,4-5,9H2,1H3;1H. The van der Waals surface area contributed by atoms with E-state index in [1.54, 1.807) is 11.3 Å². The molecular formula is C8H12ClNOS. The highest BCUT2D eigenvalue weighted by Crippen LogP contribution is 2.15. The van der Waals surface area contributed by atoms with Crippen LogP contribution in [0.5, 0.6) is 0 Å². The molecule has 0 saturated heterocycles. The number of rotatable bonds is 3. The van der Waals surface area contributed by atoms with Crippen molar-refractivity contribution in [3.05, 3.63) is 21.9 Å². The number of thiophene rings is 1. The van der Waals surface area contributed by atoms with Crippen molar-refractivity contribution in [3.8, 4) is 0 Å². The van der Waals surface area contributed by atoms with Gasteiger partial charge in [-0.2, -0.15) is 0 Å². The van der Waals surface area contributed by atoms with E-state index >= 15 is 0 Å². The molecule has 2 nitrogen and oxygen atoms in total. The van der Waals surface area contributed by atoms with Crippen molar-refractivity contribution in [2.24, 2.45) is 5.73 Å². The maximum Gasteiger partial charge on any atom is 0.151 e. The summed E-state index contributed by atoms with van der Waals surface area (Å²) in [5, 5.41) is 1.99. The van der Waals surface area contributed by atoms with E-state index in [1.807, 2.05) is 18.4 Å². The molecule has 0 fully saturated rings. The number of ketones is 1. The highest BCUT2D eigenvalue weighted by molar-refractivity contribution is 7.10. The predicted octanol–water partition coefficient (Wildman–Crippen LogP) is 1.55. The van der Waals surface area contributed by atoms with Crippen LogP contribution in [0.2, 0.25) is 0 Å². The Balaban J connectivity index is 0.00000121. The summed E-state index contributed by atoms with van der Waals surface area (Å²) in [6.45, 7) is 2.16. The van der Waals surface area contributed by atoms with E-state index in [9.17, 15) is 4.79 Å². The first-order chi connectivity index (χ1) is 5.24. The van der Waals surface area contributed by atoms with Gasteiger partial charge in [-0.05, 0) is 23.9 Å². The number of carbonyl (C=O) groups excluding carboxylic acids is 1. The van der Waals surface area contributed by atoms with Crippen molar-refractivity contribution >= 4 is 29.5 Å². The number of hydrogen-bond acceptors (Lipinski definition) is 3. The summed E-state index contributed by atoms with van der Waals surface area (Å²) in [6.07, 6.45) is 0.500. The highest BCUT2D eigenvalue weighted by atomic mass is 35.5. The van der Waals surface area contributed by atoms with Crippen molar-refractivity contribution in [1.29, 1.82) is 0 Å². The SMILES string of the molecule is Cc1ccsc1CC(=O)CN.Cl. The number of aryl methyl sites for hydroxylation is 1. The Labute approximate surface area is 82.2 Å². The molecule has 2 N–H and O–H groups in total. The number of halogens is 1. The normalized spacial score (nSPS) is 9.17. The fourth-order valence-electron chi connectivity index (χ4n) is 0.836. The van der Waals surface area contributed by atoms with Gasteiger partial charge >= 0.3 is 0 Å². The van der Waals surface area contributed by atoms with Gasteiger partial charge in [0.05, 0.1) is 6.54 Å². The minimum absolute atomic E-state index is 0. The highest BCUT2D eigenvalue weighted by Gasteiger charge is 2.04. The van der Waals surface area contributed by atoms with Crippen LogP contribution in [0.25, 0.3) is 0 Å². The Bertz CT molecular complexity index is 259. The average Bonchev–Trinajstić information content (AvgIpc) is 2.37. The van der Waals surface area contributed by atoms with Gasteiger partial charge in [0.1, 0.15) is 0 Å². The summed E-state index contributed by atoms with van der Waals surface area (Å²) >= 11 is 1.62. The van der Waals surface area contributed by atoms with Gasteiger partial charge in [0.2, 0.25) is 0 Å². The lowest BCUT2D eigenvalue weighted by Gasteiger charge is -1.95. The zero-order valence-corrected chi connectivity index (χ0v) is 8.50. The van der Waals surface area contributed by atoms with Crippen molar-refractivity contribution in [3.63, 3.8) is 0 Å². The van der Waals surface area contributed by atoms with Crippen LogP contribution in [-0.4, -0.2) is 12.3 Å². The molecule has 0 unspecified atom stereocenters. The Morgan fingerprint density at radius 2 is 2.33 bits per heavy atom. The number of hydrogen-bond donors (Lipinski definition) is 1. The van der Waals surface area contributed by atoms with Gasteiger partial charge < -0.3 is 5.73 Å². The summed E-state index contributed by atoms with van der Waals surface area (Å²) in [7, 11) is 0. The van der Waals surface area contributed by atoms with Crippen LogP contribution in [0.3, 0.4) is 0 Å². The van der Waals surface area contributed by atoms with Gasteiger partial charge in [0.25, 0.3) is 0 Å². The van der Waals surface area contributed by atoms with Gasteiger partial charge in [0, 0.05) is 11.3 Å². The molecule has 0 aliphatic rings. The van der Waals surface area contributed by atoms with Crippen molar-refractivity contribution in [2.75, 3.05) is 6.54 Å². The summed E-state index contributed by atoms with van der Waals surface area (Å²) in [5.74, 6) is 0.107. The molecule has 0 aromatic carbocycles. The summed E-state index contributed by atoms with van der Waals surface area (Å²) < 4.78 is 0. The average molecular weight is 206 g/mol. The molecule has 0 atom stereocenters. The van der Waals surface area contributed by atoms with Gasteiger partial charge in [-0.1, -0.05) is 0 Å². The lowest BCUT2D eigenvalue weighted by Crippen LogP contribution is -2.15. The maximum atomic E-state index is 10.9. The van der Waals surface area contributed by atoms with Crippen LogP contribution in [0.1, 0.15) is 10.4 Å². The first-order valence-corrected chi connectivity index (χ1v) is 4.36. The fourth-order valence-corrected chi connectivity index (χ4v) is 1.77. The molecule has 0 bridgehead atoms. The van der Waals surface area contributed by atoms with E-state index in [0.717, 1.165) is 4.88 Å². The van der Waals surface area contributed by atoms with Crippen LogP contribution in [-0.2, 0) is 11.2 Å². The quantitative estimate of drug-likeness (QED) is 0.814. The maximum absolute atomic E-state index is 10.9. The monoisotopic (exact) mass is 205 g/mol. The lowest BCUT2D eigenvalue weighted by atomic mass is 10.2. The number of carbonyl (C=O) groups is 1. The number of nitrogens with two attached hydrogens (primary N) is 1. The van der Waals surface area contributed by atoms with Gasteiger partial charge in [-0.3, -0.25) is 4.79 Å². The second-order valence-corrected chi connectivity index (χ2v) is 3.45. The zero-order chi connectivity index (χ0) is 8.27. The lowest BCUT2D eigenvalue weighted by molar-refractivity contribution is -0.117. The molecule has 0 amide bonds. The number of Topliss-reactive ketones (excluding diaryl/α,β-unsaturated/α-hetero) is 1. The van der Waals surface area contributed by atoms with Crippen LogP contribution in [0.15, 0.2) is 11.4 Å². The van der Waals surface area contributed by atoms with Crippen LogP contribution in [0.4, 0.5) is 0 Å².